The molecular weight excluding hydrogens is 266 g/mol. The Balaban J connectivity index is 1.90. The van der Waals surface area contributed by atoms with Crippen LogP contribution in [0.1, 0.15) is 31.5 Å². The van der Waals surface area contributed by atoms with Gasteiger partial charge in [0.2, 0.25) is 11.7 Å². The van der Waals surface area contributed by atoms with Crippen molar-refractivity contribution >= 4 is 11.5 Å². The standard InChI is InChI=1S/C12H15N3O3S/c1-16-9-7-8(19-15-9)10-13-11(14-18-10)12(17-2)5-3-4-6-12/h7H,3-6H2,1-2H3. The van der Waals surface area contributed by atoms with Gasteiger partial charge in [-0.1, -0.05) is 5.16 Å². The molecule has 1 saturated carbocycles. The molecule has 0 atom stereocenters. The molecule has 1 aliphatic rings. The summed E-state index contributed by atoms with van der Waals surface area (Å²) < 4.78 is 20.1. The van der Waals surface area contributed by atoms with Gasteiger partial charge in [0.1, 0.15) is 10.5 Å². The zero-order valence-corrected chi connectivity index (χ0v) is 11.7. The summed E-state index contributed by atoms with van der Waals surface area (Å²) in [6, 6.07) is 1.79. The minimum Gasteiger partial charge on any atom is -0.480 e. The van der Waals surface area contributed by atoms with E-state index >= 15 is 0 Å². The van der Waals surface area contributed by atoms with E-state index in [-0.39, 0.29) is 5.60 Å². The highest BCUT2D eigenvalue weighted by Gasteiger charge is 2.40. The Hall–Kier alpha value is -1.47. The molecular formula is C12H15N3O3S. The Kier molecular flexibility index (Phi) is 3.24. The lowest BCUT2D eigenvalue weighted by Gasteiger charge is -2.22. The average molecular weight is 281 g/mol. The van der Waals surface area contributed by atoms with Gasteiger partial charge in [-0.25, -0.2) is 0 Å². The van der Waals surface area contributed by atoms with E-state index in [4.69, 9.17) is 14.0 Å². The zero-order valence-electron chi connectivity index (χ0n) is 10.9. The Morgan fingerprint density at radius 1 is 1.32 bits per heavy atom. The van der Waals surface area contributed by atoms with Gasteiger partial charge in [0, 0.05) is 13.2 Å². The van der Waals surface area contributed by atoms with Crippen molar-refractivity contribution < 1.29 is 14.0 Å². The van der Waals surface area contributed by atoms with E-state index < -0.39 is 0 Å². The van der Waals surface area contributed by atoms with Gasteiger partial charge >= 0.3 is 0 Å². The van der Waals surface area contributed by atoms with Crippen LogP contribution in [0.5, 0.6) is 5.88 Å². The normalized spacial score (nSPS) is 17.8. The Morgan fingerprint density at radius 3 is 2.74 bits per heavy atom. The Bertz CT molecular complexity index is 560. The third kappa shape index (κ3) is 2.12. The quantitative estimate of drug-likeness (QED) is 0.858. The molecule has 3 rings (SSSR count). The SMILES string of the molecule is COc1cc(-c2nc(C3(OC)CCCC3)no2)sn1. The number of ether oxygens (including phenoxy) is 2. The van der Waals surface area contributed by atoms with Crippen LogP contribution in [0.15, 0.2) is 10.6 Å². The van der Waals surface area contributed by atoms with E-state index in [0.717, 1.165) is 30.6 Å². The van der Waals surface area contributed by atoms with Gasteiger partial charge < -0.3 is 14.0 Å². The minimum atomic E-state index is -0.378. The van der Waals surface area contributed by atoms with E-state index in [1.807, 2.05) is 0 Å². The second-order valence-corrected chi connectivity index (χ2v) is 5.37. The van der Waals surface area contributed by atoms with Gasteiger partial charge in [0.15, 0.2) is 0 Å². The number of hydrogen-bond donors (Lipinski definition) is 0. The largest absolute Gasteiger partial charge is 0.480 e. The number of nitrogens with zero attached hydrogens (tertiary/aromatic N) is 3. The van der Waals surface area contributed by atoms with Crippen LogP contribution in [-0.4, -0.2) is 28.7 Å². The highest BCUT2D eigenvalue weighted by molar-refractivity contribution is 7.09. The van der Waals surface area contributed by atoms with Crippen LogP contribution in [0, 0.1) is 0 Å². The lowest BCUT2D eigenvalue weighted by molar-refractivity contribution is -0.0178. The molecule has 0 radical (unpaired) electrons. The summed E-state index contributed by atoms with van der Waals surface area (Å²) >= 11 is 1.28. The van der Waals surface area contributed by atoms with Crippen molar-refractivity contribution in [3.8, 4) is 16.6 Å². The molecule has 6 nitrogen and oxygen atoms in total. The van der Waals surface area contributed by atoms with Crippen molar-refractivity contribution in [3.63, 3.8) is 0 Å². The molecule has 2 heterocycles. The summed E-state index contributed by atoms with van der Waals surface area (Å²) in [7, 11) is 3.29. The molecule has 0 spiro atoms. The third-order valence-electron chi connectivity index (χ3n) is 3.54. The van der Waals surface area contributed by atoms with Crippen LogP contribution in [-0.2, 0) is 10.3 Å². The van der Waals surface area contributed by atoms with Gasteiger partial charge in [-0.15, -0.1) is 0 Å². The molecule has 0 aliphatic heterocycles. The molecule has 0 bridgehead atoms. The highest BCUT2D eigenvalue weighted by Crippen LogP contribution is 2.41. The smallest absolute Gasteiger partial charge is 0.269 e. The van der Waals surface area contributed by atoms with Crippen molar-refractivity contribution in [2.75, 3.05) is 14.2 Å². The topological polar surface area (TPSA) is 70.3 Å². The van der Waals surface area contributed by atoms with Crippen LogP contribution in [0.3, 0.4) is 0 Å². The first-order valence-corrected chi connectivity index (χ1v) is 6.95. The second-order valence-electron chi connectivity index (χ2n) is 4.56. The average Bonchev–Trinajstić information content (AvgIpc) is 3.17. The maximum atomic E-state index is 5.64. The Labute approximate surface area is 114 Å². The second kappa shape index (κ2) is 4.90. The molecule has 0 aromatic carbocycles. The van der Waals surface area contributed by atoms with Crippen molar-refractivity contribution in [1.82, 2.24) is 14.5 Å². The van der Waals surface area contributed by atoms with E-state index in [2.05, 4.69) is 14.5 Å². The number of methoxy groups -OCH3 is 2. The van der Waals surface area contributed by atoms with Crippen LogP contribution < -0.4 is 4.74 Å². The van der Waals surface area contributed by atoms with E-state index in [1.165, 1.54) is 11.5 Å². The first kappa shape index (κ1) is 12.6. The van der Waals surface area contributed by atoms with Gasteiger partial charge in [0.25, 0.3) is 5.89 Å². The first-order chi connectivity index (χ1) is 9.27. The summed E-state index contributed by atoms with van der Waals surface area (Å²) in [6.07, 6.45) is 4.14. The van der Waals surface area contributed by atoms with Crippen molar-refractivity contribution in [1.29, 1.82) is 0 Å². The van der Waals surface area contributed by atoms with Gasteiger partial charge in [-0.3, -0.25) is 0 Å². The molecule has 0 saturated heterocycles. The van der Waals surface area contributed by atoms with Crippen LogP contribution in [0.2, 0.25) is 0 Å². The molecule has 2 aromatic rings. The molecule has 102 valence electrons. The monoisotopic (exact) mass is 281 g/mol. The first-order valence-electron chi connectivity index (χ1n) is 6.18. The van der Waals surface area contributed by atoms with Gasteiger partial charge in [0.05, 0.1) is 7.11 Å². The minimum absolute atomic E-state index is 0.378. The molecule has 0 unspecified atom stereocenters. The van der Waals surface area contributed by atoms with Gasteiger partial charge in [-0.2, -0.15) is 9.36 Å². The third-order valence-corrected chi connectivity index (χ3v) is 4.30. The fourth-order valence-corrected chi connectivity index (χ4v) is 3.06. The number of aromatic nitrogens is 3. The maximum Gasteiger partial charge on any atom is 0.269 e. The maximum absolute atomic E-state index is 5.64. The predicted octanol–water partition coefficient (Wildman–Crippen LogP) is 2.62. The van der Waals surface area contributed by atoms with Crippen molar-refractivity contribution in [3.05, 3.63) is 11.9 Å². The summed E-state index contributed by atoms with van der Waals surface area (Å²) in [6.45, 7) is 0. The van der Waals surface area contributed by atoms with Crippen molar-refractivity contribution in [2.24, 2.45) is 0 Å². The summed E-state index contributed by atoms with van der Waals surface area (Å²) in [5.74, 6) is 1.66. The van der Waals surface area contributed by atoms with E-state index in [9.17, 15) is 0 Å². The fraction of sp³-hybridized carbons (Fsp3) is 0.583. The summed E-state index contributed by atoms with van der Waals surface area (Å²) in [4.78, 5) is 5.27. The molecule has 7 heteroatoms. The lowest BCUT2D eigenvalue weighted by atomic mass is 10.0. The highest BCUT2D eigenvalue weighted by atomic mass is 32.1. The van der Waals surface area contributed by atoms with Crippen LogP contribution in [0.25, 0.3) is 10.8 Å². The van der Waals surface area contributed by atoms with Crippen molar-refractivity contribution in [2.45, 2.75) is 31.3 Å². The lowest BCUT2D eigenvalue weighted by Crippen LogP contribution is -2.25. The zero-order chi connectivity index (χ0) is 13.3. The molecule has 0 N–H and O–H groups in total. The van der Waals surface area contributed by atoms with Crippen LogP contribution >= 0.6 is 11.5 Å². The molecule has 1 fully saturated rings. The van der Waals surface area contributed by atoms with E-state index in [0.29, 0.717) is 17.6 Å². The summed E-state index contributed by atoms with van der Waals surface area (Å²) in [5.41, 5.74) is -0.378. The number of hydrogen-bond acceptors (Lipinski definition) is 7. The molecule has 2 aromatic heterocycles. The molecule has 1 aliphatic carbocycles. The van der Waals surface area contributed by atoms with E-state index in [1.54, 1.807) is 20.3 Å². The molecule has 19 heavy (non-hydrogen) atoms. The Morgan fingerprint density at radius 2 is 2.11 bits per heavy atom. The molecule has 0 amide bonds. The van der Waals surface area contributed by atoms with Crippen LogP contribution in [0.4, 0.5) is 0 Å². The summed E-state index contributed by atoms with van der Waals surface area (Å²) in [5, 5.41) is 4.08. The fourth-order valence-electron chi connectivity index (χ4n) is 2.43. The predicted molar refractivity (Wildman–Crippen MR) is 69.1 cm³/mol. The number of rotatable bonds is 4. The van der Waals surface area contributed by atoms with Gasteiger partial charge in [-0.05, 0) is 37.2 Å².